The molecule has 0 heterocycles. The number of esters is 3. The zero-order valence-corrected chi connectivity index (χ0v) is 53.9. The summed E-state index contributed by atoms with van der Waals surface area (Å²) < 4.78 is 17.0. The maximum atomic E-state index is 13.0. The lowest BCUT2D eigenvalue weighted by Crippen LogP contribution is -2.30. The molecule has 1 unspecified atom stereocenters. The average molecular weight is 1120 g/mol. The molecule has 0 rings (SSSR count). The van der Waals surface area contributed by atoms with E-state index in [0.717, 1.165) is 83.5 Å². The number of carbonyl (C=O) groups excluding carboxylic acids is 3. The molecule has 0 aliphatic rings. The average Bonchev–Trinajstić information content (AvgIpc) is 3.46. The Morgan fingerprint density at radius 2 is 0.463 bits per heavy atom. The van der Waals surface area contributed by atoms with Gasteiger partial charge in [0.15, 0.2) is 6.10 Å². The highest BCUT2D eigenvalue weighted by Crippen LogP contribution is 2.18. The van der Waals surface area contributed by atoms with Crippen LogP contribution in [0.25, 0.3) is 0 Å². The van der Waals surface area contributed by atoms with E-state index in [0.29, 0.717) is 19.3 Å². The second-order valence-electron chi connectivity index (χ2n) is 24.1. The molecule has 0 aliphatic heterocycles. The van der Waals surface area contributed by atoms with Crippen LogP contribution in [0.15, 0.2) is 48.6 Å². The Kier molecular flexibility index (Phi) is 66.6. The molecule has 0 spiro atoms. The van der Waals surface area contributed by atoms with Crippen molar-refractivity contribution in [3.8, 4) is 0 Å². The van der Waals surface area contributed by atoms with Crippen molar-refractivity contribution in [1.29, 1.82) is 0 Å². The van der Waals surface area contributed by atoms with E-state index in [1.165, 1.54) is 263 Å². The van der Waals surface area contributed by atoms with Gasteiger partial charge < -0.3 is 14.2 Å². The van der Waals surface area contributed by atoms with Crippen molar-refractivity contribution in [2.75, 3.05) is 13.2 Å². The van der Waals surface area contributed by atoms with E-state index in [1.807, 2.05) is 0 Å². The monoisotopic (exact) mass is 1120 g/mol. The molecular weight excluding hydrogens is 985 g/mol. The molecule has 468 valence electrons. The van der Waals surface area contributed by atoms with Gasteiger partial charge in [-0.25, -0.2) is 0 Å². The minimum Gasteiger partial charge on any atom is -0.462 e. The molecule has 0 N–H and O–H groups in total. The van der Waals surface area contributed by atoms with Gasteiger partial charge in [0.25, 0.3) is 0 Å². The van der Waals surface area contributed by atoms with E-state index in [4.69, 9.17) is 14.2 Å². The van der Waals surface area contributed by atoms with Gasteiger partial charge in [0.2, 0.25) is 0 Å². The number of hydrogen-bond acceptors (Lipinski definition) is 6. The van der Waals surface area contributed by atoms with Crippen LogP contribution in [-0.4, -0.2) is 37.2 Å². The van der Waals surface area contributed by atoms with Crippen molar-refractivity contribution in [3.63, 3.8) is 0 Å². The molecule has 0 aromatic rings. The van der Waals surface area contributed by atoms with Gasteiger partial charge in [0.05, 0.1) is 0 Å². The summed E-state index contributed by atoms with van der Waals surface area (Å²) in [5.74, 6) is -0.865. The summed E-state index contributed by atoms with van der Waals surface area (Å²) in [6, 6.07) is 0. The molecule has 0 saturated heterocycles. The quantitative estimate of drug-likeness (QED) is 0.0261. The zero-order chi connectivity index (χ0) is 57.8. The first-order valence-corrected chi connectivity index (χ1v) is 35.6. The first-order valence-electron chi connectivity index (χ1n) is 35.6. The third-order valence-corrected chi connectivity index (χ3v) is 16.1. The summed E-state index contributed by atoms with van der Waals surface area (Å²) in [7, 11) is 0. The van der Waals surface area contributed by atoms with E-state index in [-0.39, 0.29) is 31.1 Å². The van der Waals surface area contributed by atoms with Crippen molar-refractivity contribution >= 4 is 17.9 Å². The van der Waals surface area contributed by atoms with Crippen molar-refractivity contribution in [2.24, 2.45) is 0 Å². The molecule has 1 atom stereocenters. The van der Waals surface area contributed by atoms with Gasteiger partial charge in [0, 0.05) is 19.3 Å². The molecule has 0 aromatic heterocycles. The number of rotatable bonds is 66. The third-order valence-electron chi connectivity index (χ3n) is 16.1. The van der Waals surface area contributed by atoms with Gasteiger partial charge in [-0.2, -0.15) is 0 Å². The van der Waals surface area contributed by atoms with Crippen LogP contribution in [0.5, 0.6) is 0 Å². The van der Waals surface area contributed by atoms with Gasteiger partial charge in [-0.15, -0.1) is 0 Å². The van der Waals surface area contributed by atoms with Gasteiger partial charge in [0.1, 0.15) is 13.2 Å². The largest absolute Gasteiger partial charge is 0.462 e. The number of ether oxygens (including phenoxy) is 3. The first-order chi connectivity index (χ1) is 39.5. The molecule has 0 aliphatic carbocycles. The minimum atomic E-state index is -0.780. The maximum Gasteiger partial charge on any atom is 0.306 e. The number of unbranched alkanes of at least 4 members (excludes halogenated alkanes) is 47. The molecule has 0 bridgehead atoms. The highest BCUT2D eigenvalue weighted by Gasteiger charge is 2.19. The summed E-state index contributed by atoms with van der Waals surface area (Å²) in [4.78, 5) is 38.4. The fourth-order valence-corrected chi connectivity index (χ4v) is 10.7. The smallest absolute Gasteiger partial charge is 0.306 e. The second-order valence-corrected chi connectivity index (χ2v) is 24.1. The standard InChI is InChI=1S/C74H136O6/c1-4-7-10-13-16-19-22-25-28-30-32-34-36-37-39-40-42-44-46-49-52-55-58-61-64-67-73(76)79-70-71(69-78-72(75)66-63-60-57-54-51-48-27-24-21-18-15-12-9-6-3)80-74(77)68-65-62-59-56-53-50-47-45-43-41-38-35-33-31-29-26-23-20-17-14-11-8-5-2/h15,18,23-24,26-27,31,33,71H,4-14,16-17,19-22,25,28-30,32,34-70H2,1-3H3/b18-15-,26-23-,27-24-,33-31-. The Hall–Kier alpha value is -2.63. The van der Waals surface area contributed by atoms with Crippen LogP contribution < -0.4 is 0 Å². The van der Waals surface area contributed by atoms with Crippen molar-refractivity contribution < 1.29 is 28.6 Å². The highest BCUT2D eigenvalue weighted by molar-refractivity contribution is 5.71. The Labute approximate surface area is 498 Å². The van der Waals surface area contributed by atoms with E-state index in [1.54, 1.807) is 0 Å². The lowest BCUT2D eigenvalue weighted by molar-refractivity contribution is -0.167. The molecule has 6 nitrogen and oxygen atoms in total. The lowest BCUT2D eigenvalue weighted by atomic mass is 10.0. The van der Waals surface area contributed by atoms with Crippen molar-refractivity contribution in [2.45, 2.75) is 393 Å². The zero-order valence-electron chi connectivity index (χ0n) is 53.9. The highest BCUT2D eigenvalue weighted by atomic mass is 16.6. The number of carbonyl (C=O) groups is 3. The molecule has 0 amide bonds. The summed E-state index contributed by atoms with van der Waals surface area (Å²) in [6.07, 6.45) is 87.1. The Balaban J connectivity index is 4.26. The Morgan fingerprint density at radius 3 is 0.725 bits per heavy atom. The van der Waals surface area contributed by atoms with Crippen LogP contribution in [0.3, 0.4) is 0 Å². The van der Waals surface area contributed by atoms with Gasteiger partial charge in [-0.1, -0.05) is 339 Å². The van der Waals surface area contributed by atoms with Crippen LogP contribution in [-0.2, 0) is 28.6 Å². The summed E-state index contributed by atoms with van der Waals surface area (Å²) >= 11 is 0. The summed E-state index contributed by atoms with van der Waals surface area (Å²) in [5, 5.41) is 0. The van der Waals surface area contributed by atoms with Crippen molar-refractivity contribution in [3.05, 3.63) is 48.6 Å². The molecule has 0 fully saturated rings. The van der Waals surface area contributed by atoms with Gasteiger partial charge in [-0.3, -0.25) is 14.4 Å². The Bertz CT molecular complexity index is 1380. The minimum absolute atomic E-state index is 0.0743. The van der Waals surface area contributed by atoms with Crippen LogP contribution >= 0.6 is 0 Å². The molecular formula is C74H136O6. The molecule has 6 heteroatoms. The predicted octanol–water partition coefficient (Wildman–Crippen LogP) is 24.5. The van der Waals surface area contributed by atoms with E-state index < -0.39 is 6.10 Å². The number of hydrogen-bond donors (Lipinski definition) is 0. The first kappa shape index (κ1) is 77.4. The fourth-order valence-electron chi connectivity index (χ4n) is 10.7. The van der Waals surface area contributed by atoms with Crippen LogP contribution in [0.1, 0.15) is 387 Å². The van der Waals surface area contributed by atoms with Crippen LogP contribution in [0.2, 0.25) is 0 Å². The molecule has 0 aromatic carbocycles. The Morgan fingerprint density at radius 1 is 0.250 bits per heavy atom. The molecule has 0 saturated carbocycles. The lowest BCUT2D eigenvalue weighted by Gasteiger charge is -2.18. The number of allylic oxidation sites excluding steroid dienone is 8. The van der Waals surface area contributed by atoms with E-state index in [9.17, 15) is 14.4 Å². The van der Waals surface area contributed by atoms with E-state index >= 15 is 0 Å². The van der Waals surface area contributed by atoms with Gasteiger partial charge in [-0.05, 0) is 77.0 Å². The molecule has 0 radical (unpaired) electrons. The summed E-state index contributed by atoms with van der Waals surface area (Å²) in [5.41, 5.74) is 0. The second kappa shape index (κ2) is 68.9. The summed E-state index contributed by atoms with van der Waals surface area (Å²) in [6.45, 7) is 6.65. The van der Waals surface area contributed by atoms with Crippen molar-refractivity contribution in [1.82, 2.24) is 0 Å². The third kappa shape index (κ3) is 66.2. The topological polar surface area (TPSA) is 78.9 Å². The van der Waals surface area contributed by atoms with E-state index in [2.05, 4.69) is 69.4 Å². The van der Waals surface area contributed by atoms with Crippen LogP contribution in [0.4, 0.5) is 0 Å². The predicted molar refractivity (Wildman–Crippen MR) is 349 cm³/mol. The SMILES string of the molecule is CCCC/C=C\C/C=C\CCCCCCCC(=O)OCC(COC(=O)CCCCCCCCCCCCCCCCCCCCCCCCCCC)OC(=O)CCCCCCCCCCCCC/C=C\C/C=C\CCCCCCC. The fraction of sp³-hybridized carbons (Fsp3) is 0.851. The normalized spacial score (nSPS) is 12.3. The van der Waals surface area contributed by atoms with Gasteiger partial charge >= 0.3 is 17.9 Å². The maximum absolute atomic E-state index is 13.0. The molecule has 80 heavy (non-hydrogen) atoms. The van der Waals surface area contributed by atoms with Crippen LogP contribution in [0, 0.1) is 0 Å².